The number of furan rings is 1. The van der Waals surface area contributed by atoms with Crippen molar-refractivity contribution in [2.45, 2.75) is 0 Å². The Morgan fingerprint density at radius 1 is 0.328 bits per heavy atom. The van der Waals surface area contributed by atoms with E-state index < -0.39 is 0 Å². The maximum atomic E-state index is 6.54. The predicted molar refractivity (Wildman–Crippen MR) is 252 cm³/mol. The molecule has 0 saturated heterocycles. The summed E-state index contributed by atoms with van der Waals surface area (Å²) in [6.07, 6.45) is 0. The van der Waals surface area contributed by atoms with Gasteiger partial charge in [0.2, 0.25) is 5.95 Å². The number of nitrogens with zero attached hydrogens (tertiary/aromatic N) is 4. The van der Waals surface area contributed by atoms with E-state index in [1.54, 1.807) is 0 Å². The molecule has 4 heterocycles. The van der Waals surface area contributed by atoms with Crippen LogP contribution in [-0.2, 0) is 0 Å². The fraction of sp³-hybridized carbons (Fsp3) is 0. The van der Waals surface area contributed by atoms with E-state index in [9.17, 15) is 0 Å². The zero-order valence-electron chi connectivity index (χ0n) is 32.8. The molecule has 284 valence electrons. The zero-order valence-corrected chi connectivity index (χ0v) is 32.8. The molecule has 13 rings (SSSR count). The van der Waals surface area contributed by atoms with Gasteiger partial charge in [-0.3, -0.25) is 4.57 Å². The first kappa shape index (κ1) is 33.7. The highest BCUT2D eigenvalue weighted by Gasteiger charge is 2.25. The molecule has 61 heavy (non-hydrogen) atoms. The number of hydrogen-bond acceptors (Lipinski definition) is 3. The molecule has 9 aromatic carbocycles. The van der Waals surface area contributed by atoms with E-state index in [2.05, 4.69) is 209 Å². The van der Waals surface area contributed by atoms with E-state index in [-0.39, 0.29) is 0 Å². The Labute approximate surface area is 350 Å². The van der Waals surface area contributed by atoms with Crippen molar-refractivity contribution >= 4 is 76.5 Å². The quantitative estimate of drug-likeness (QED) is 0.175. The van der Waals surface area contributed by atoms with E-state index in [1.807, 2.05) is 6.07 Å². The third-order valence-electron chi connectivity index (χ3n) is 12.4. The third-order valence-corrected chi connectivity index (χ3v) is 12.4. The van der Waals surface area contributed by atoms with Crippen LogP contribution < -0.4 is 0 Å². The van der Waals surface area contributed by atoms with E-state index in [0.717, 1.165) is 93.4 Å². The van der Waals surface area contributed by atoms with Crippen LogP contribution >= 0.6 is 0 Å². The standard InChI is InChI=1S/C56H34N4O/c1-3-13-35(14-4-1)37-23-25-39(26-24-37)53-43-18-7-10-20-46(43)57-56(58-53)60-47-21-11-8-17-41(47)42-31-33-48-51(54(42)60)45-32-34-50-52(44-19-9-12-22-49(44)61-50)55(45)59(48)40-29-27-38(28-30-40)36-15-5-2-6-16-36/h1-34H. The molecule has 0 saturated carbocycles. The molecule has 0 fully saturated rings. The van der Waals surface area contributed by atoms with Gasteiger partial charge in [-0.1, -0.05) is 158 Å². The Kier molecular flexibility index (Phi) is 7.24. The lowest BCUT2D eigenvalue weighted by atomic mass is 10.0. The summed E-state index contributed by atoms with van der Waals surface area (Å²) < 4.78 is 11.3. The Balaban J connectivity index is 1.13. The summed E-state index contributed by atoms with van der Waals surface area (Å²) in [7, 11) is 0. The molecule has 0 spiro atoms. The van der Waals surface area contributed by atoms with Crippen LogP contribution in [-0.4, -0.2) is 19.1 Å². The van der Waals surface area contributed by atoms with Crippen LogP contribution in [0.2, 0.25) is 0 Å². The number of para-hydroxylation sites is 3. The summed E-state index contributed by atoms with van der Waals surface area (Å²) in [6, 6.07) is 73.0. The van der Waals surface area contributed by atoms with Crippen molar-refractivity contribution in [3.8, 4) is 45.1 Å². The SMILES string of the molecule is c1ccc(-c2ccc(-c3nc(-n4c5ccccc5c5ccc6c(c7ccc8oc9ccccc9c8c7n6-c6ccc(-c7ccccc7)cc6)c54)nc4ccccc34)cc2)cc1. The van der Waals surface area contributed by atoms with E-state index in [4.69, 9.17) is 14.4 Å². The minimum Gasteiger partial charge on any atom is -0.456 e. The van der Waals surface area contributed by atoms with E-state index in [0.29, 0.717) is 5.95 Å². The van der Waals surface area contributed by atoms with Gasteiger partial charge < -0.3 is 8.98 Å². The van der Waals surface area contributed by atoms with Crippen LogP contribution in [0.5, 0.6) is 0 Å². The molecule has 0 unspecified atom stereocenters. The summed E-state index contributed by atoms with van der Waals surface area (Å²) in [5, 5.41) is 7.74. The number of benzene rings is 9. The average Bonchev–Trinajstić information content (AvgIpc) is 3.99. The molecule has 0 bridgehead atoms. The van der Waals surface area contributed by atoms with Gasteiger partial charge in [0, 0.05) is 43.6 Å². The summed E-state index contributed by atoms with van der Waals surface area (Å²) in [6.45, 7) is 0. The molecule has 0 aliphatic heterocycles. The fourth-order valence-electron chi connectivity index (χ4n) is 9.60. The van der Waals surface area contributed by atoms with Crippen molar-refractivity contribution in [1.82, 2.24) is 19.1 Å². The first-order valence-electron chi connectivity index (χ1n) is 20.7. The maximum Gasteiger partial charge on any atom is 0.235 e. The fourth-order valence-corrected chi connectivity index (χ4v) is 9.60. The second-order valence-electron chi connectivity index (χ2n) is 15.7. The number of fused-ring (bicyclic) bond motifs is 12. The molecular weight excluding hydrogens is 745 g/mol. The summed E-state index contributed by atoms with van der Waals surface area (Å²) in [5.41, 5.74) is 14.6. The first-order chi connectivity index (χ1) is 30.3. The lowest BCUT2D eigenvalue weighted by Crippen LogP contribution is -2.03. The Morgan fingerprint density at radius 2 is 0.902 bits per heavy atom. The summed E-state index contributed by atoms with van der Waals surface area (Å²) in [4.78, 5) is 10.9. The predicted octanol–water partition coefficient (Wildman–Crippen LogP) is 14.7. The smallest absolute Gasteiger partial charge is 0.235 e. The number of rotatable bonds is 5. The monoisotopic (exact) mass is 778 g/mol. The average molecular weight is 779 g/mol. The van der Waals surface area contributed by atoms with Gasteiger partial charge in [-0.25, -0.2) is 9.97 Å². The lowest BCUT2D eigenvalue weighted by molar-refractivity contribution is 0.669. The molecule has 0 N–H and O–H groups in total. The van der Waals surface area contributed by atoms with Crippen molar-refractivity contribution in [2.24, 2.45) is 0 Å². The molecule has 0 radical (unpaired) electrons. The molecule has 13 aromatic rings. The number of hydrogen-bond donors (Lipinski definition) is 0. The van der Waals surface area contributed by atoms with Gasteiger partial charge in [-0.05, 0) is 70.8 Å². The number of aromatic nitrogens is 4. The van der Waals surface area contributed by atoms with Gasteiger partial charge >= 0.3 is 0 Å². The van der Waals surface area contributed by atoms with Gasteiger partial charge in [0.05, 0.1) is 38.7 Å². The molecule has 0 aliphatic rings. The van der Waals surface area contributed by atoms with Crippen molar-refractivity contribution in [2.75, 3.05) is 0 Å². The van der Waals surface area contributed by atoms with Gasteiger partial charge in [-0.2, -0.15) is 0 Å². The normalized spacial score (nSPS) is 11.9. The topological polar surface area (TPSA) is 48.8 Å². The molecule has 0 atom stereocenters. The minimum atomic E-state index is 0.627. The Morgan fingerprint density at radius 3 is 1.66 bits per heavy atom. The van der Waals surface area contributed by atoms with Crippen LogP contribution in [0.1, 0.15) is 0 Å². The van der Waals surface area contributed by atoms with Crippen molar-refractivity contribution in [3.63, 3.8) is 0 Å². The zero-order chi connectivity index (χ0) is 40.0. The van der Waals surface area contributed by atoms with Crippen LogP contribution in [0.25, 0.3) is 122 Å². The second kappa shape index (κ2) is 13.1. The molecule has 5 heteroatoms. The van der Waals surface area contributed by atoms with E-state index >= 15 is 0 Å². The van der Waals surface area contributed by atoms with Gasteiger partial charge in [-0.15, -0.1) is 0 Å². The minimum absolute atomic E-state index is 0.627. The molecule has 5 nitrogen and oxygen atoms in total. The summed E-state index contributed by atoms with van der Waals surface area (Å²) >= 11 is 0. The van der Waals surface area contributed by atoms with Gasteiger partial charge in [0.1, 0.15) is 11.2 Å². The van der Waals surface area contributed by atoms with Crippen molar-refractivity contribution in [1.29, 1.82) is 0 Å². The molecule has 4 aromatic heterocycles. The highest BCUT2D eigenvalue weighted by atomic mass is 16.3. The van der Waals surface area contributed by atoms with Crippen LogP contribution in [0.4, 0.5) is 0 Å². The van der Waals surface area contributed by atoms with Gasteiger partial charge in [0.25, 0.3) is 0 Å². The second-order valence-corrected chi connectivity index (χ2v) is 15.7. The molecule has 0 aliphatic carbocycles. The maximum absolute atomic E-state index is 6.54. The van der Waals surface area contributed by atoms with Gasteiger partial charge in [0.15, 0.2) is 0 Å². The molecular formula is C56H34N4O. The first-order valence-corrected chi connectivity index (χ1v) is 20.7. The largest absolute Gasteiger partial charge is 0.456 e. The lowest BCUT2D eigenvalue weighted by Gasteiger charge is -2.13. The van der Waals surface area contributed by atoms with Crippen LogP contribution in [0.3, 0.4) is 0 Å². The van der Waals surface area contributed by atoms with Crippen LogP contribution in [0.15, 0.2) is 211 Å². The summed E-state index contributed by atoms with van der Waals surface area (Å²) in [5.74, 6) is 0.627. The van der Waals surface area contributed by atoms with Crippen LogP contribution in [0, 0.1) is 0 Å². The van der Waals surface area contributed by atoms with E-state index in [1.165, 1.54) is 22.3 Å². The Bertz CT molecular complexity index is 3840. The highest BCUT2D eigenvalue weighted by molar-refractivity contribution is 6.31. The van der Waals surface area contributed by atoms with Crippen molar-refractivity contribution in [3.05, 3.63) is 206 Å². The van der Waals surface area contributed by atoms with Crippen molar-refractivity contribution < 1.29 is 4.42 Å². The molecule has 0 amide bonds. The Hall–Kier alpha value is -8.28. The third kappa shape index (κ3) is 5.08. The highest BCUT2D eigenvalue weighted by Crippen LogP contribution is 2.46.